The molecule has 1 aliphatic rings. The van der Waals surface area contributed by atoms with E-state index in [1.54, 1.807) is 12.1 Å². The zero-order chi connectivity index (χ0) is 29.4. The minimum absolute atomic E-state index is 0.0719. The number of hydrogen-bond donors (Lipinski definition) is 1. The number of aromatic nitrogens is 2. The van der Waals surface area contributed by atoms with Gasteiger partial charge in [0.25, 0.3) is 14.2 Å². The van der Waals surface area contributed by atoms with E-state index in [1.165, 1.54) is 13.2 Å². The molecule has 0 atom stereocenters. The number of rotatable bonds is 6. The van der Waals surface area contributed by atoms with E-state index >= 15 is 0 Å². The molecule has 4 aromatic rings. The Bertz CT molecular complexity index is 1510. The van der Waals surface area contributed by atoms with Gasteiger partial charge in [0.05, 0.1) is 18.7 Å². The fourth-order valence-corrected chi connectivity index (χ4v) is 10.1. The lowest BCUT2D eigenvalue weighted by molar-refractivity contribution is -0.140. The van der Waals surface area contributed by atoms with E-state index in [4.69, 9.17) is 9.16 Å². The molecule has 0 fully saturated rings. The van der Waals surface area contributed by atoms with Crippen molar-refractivity contribution >= 4 is 24.6 Å². The van der Waals surface area contributed by atoms with Crippen LogP contribution in [0.4, 0.5) is 13.2 Å². The topological polar surface area (TPSA) is 65.4 Å². The SMILES string of the molecule is Cn1cc(-c2cc(CO[Si](c3ccccc3)(c3ccccc3)C(C)(C)C)cc3c2OCCNC3=O)c(C(F)(F)F)n1. The van der Waals surface area contributed by atoms with Gasteiger partial charge in [0, 0.05) is 24.4 Å². The Morgan fingerprint density at radius 2 is 1.54 bits per heavy atom. The van der Waals surface area contributed by atoms with E-state index in [9.17, 15) is 18.0 Å². The molecule has 1 aromatic heterocycles. The van der Waals surface area contributed by atoms with Crippen molar-refractivity contribution in [2.75, 3.05) is 13.2 Å². The Balaban J connectivity index is 1.68. The summed E-state index contributed by atoms with van der Waals surface area (Å²) in [4.78, 5) is 13.1. The molecule has 6 nitrogen and oxygen atoms in total. The molecule has 10 heteroatoms. The molecule has 2 heterocycles. The molecule has 5 rings (SSSR count). The standard InChI is InChI=1S/C31H32F3N3O3Si/c1-30(2,3)41(22-11-7-5-8-12-22,23-13-9-6-10-14-23)40-20-21-17-24(26-19-37(4)36-28(26)31(32,33)34)27-25(18-21)29(38)35-15-16-39-27/h5-14,17-19H,15-16,20H2,1-4H3,(H,35,38). The molecule has 0 spiro atoms. The highest BCUT2D eigenvalue weighted by Crippen LogP contribution is 2.43. The molecule has 1 N–H and O–H groups in total. The van der Waals surface area contributed by atoms with Crippen LogP contribution in [0.15, 0.2) is 79.0 Å². The summed E-state index contributed by atoms with van der Waals surface area (Å²) in [6, 6.07) is 23.4. The van der Waals surface area contributed by atoms with Gasteiger partial charge in [0.1, 0.15) is 12.4 Å². The number of benzene rings is 3. The number of nitrogens with one attached hydrogen (secondary N) is 1. The zero-order valence-electron chi connectivity index (χ0n) is 23.4. The molecule has 0 aliphatic carbocycles. The molecule has 3 aromatic carbocycles. The van der Waals surface area contributed by atoms with Crippen molar-refractivity contribution in [3.63, 3.8) is 0 Å². The summed E-state index contributed by atoms with van der Waals surface area (Å²) in [7, 11) is -1.52. The van der Waals surface area contributed by atoms with Crippen molar-refractivity contribution in [3.05, 3.63) is 95.8 Å². The van der Waals surface area contributed by atoms with Crippen LogP contribution in [0.3, 0.4) is 0 Å². The van der Waals surface area contributed by atoms with Crippen LogP contribution >= 0.6 is 0 Å². The first-order valence-electron chi connectivity index (χ1n) is 13.4. The maximum absolute atomic E-state index is 14.0. The molecule has 1 aliphatic heterocycles. The van der Waals surface area contributed by atoms with Gasteiger partial charge in [-0.2, -0.15) is 18.3 Å². The molecule has 0 saturated heterocycles. The summed E-state index contributed by atoms with van der Waals surface area (Å²) in [5, 5.41) is 8.29. The number of halogens is 3. The Morgan fingerprint density at radius 1 is 0.951 bits per heavy atom. The first kappa shape index (κ1) is 28.6. The van der Waals surface area contributed by atoms with Crippen LogP contribution in [0.2, 0.25) is 5.04 Å². The van der Waals surface area contributed by atoms with Crippen LogP contribution in [-0.4, -0.2) is 37.2 Å². The first-order valence-corrected chi connectivity index (χ1v) is 15.3. The minimum Gasteiger partial charge on any atom is -0.490 e. The number of amides is 1. The number of hydrogen-bond acceptors (Lipinski definition) is 4. The van der Waals surface area contributed by atoms with Crippen molar-refractivity contribution < 1.29 is 27.1 Å². The third-order valence-electron chi connectivity index (χ3n) is 7.29. The number of aryl methyl sites for hydroxylation is 1. The number of fused-ring (bicyclic) bond motifs is 1. The molecule has 0 unspecified atom stereocenters. The lowest BCUT2D eigenvalue weighted by Gasteiger charge is -2.43. The van der Waals surface area contributed by atoms with Crippen LogP contribution in [0, 0.1) is 0 Å². The summed E-state index contributed by atoms with van der Waals surface area (Å²) in [5.41, 5.74) is -0.317. The van der Waals surface area contributed by atoms with Crippen LogP contribution in [-0.2, 0) is 24.3 Å². The molecule has 0 bridgehead atoms. The van der Waals surface area contributed by atoms with Gasteiger partial charge in [-0.25, -0.2) is 0 Å². The molecular formula is C31H32F3N3O3Si. The average Bonchev–Trinajstić information content (AvgIpc) is 3.24. The van der Waals surface area contributed by atoms with Gasteiger partial charge in [0.15, 0.2) is 5.69 Å². The van der Waals surface area contributed by atoms with Gasteiger partial charge < -0.3 is 14.5 Å². The van der Waals surface area contributed by atoms with Crippen molar-refractivity contribution in [1.29, 1.82) is 0 Å². The van der Waals surface area contributed by atoms with E-state index < -0.39 is 26.1 Å². The normalized spacial score (nSPS) is 14.2. The van der Waals surface area contributed by atoms with Crippen molar-refractivity contribution in [1.82, 2.24) is 15.1 Å². The minimum atomic E-state index is -4.70. The summed E-state index contributed by atoms with van der Waals surface area (Å²) in [6.07, 6.45) is -3.39. The average molecular weight is 580 g/mol. The Labute approximate surface area is 238 Å². The van der Waals surface area contributed by atoms with Gasteiger partial charge in [-0.05, 0) is 33.1 Å². The van der Waals surface area contributed by atoms with Crippen molar-refractivity contribution in [3.8, 4) is 16.9 Å². The largest absolute Gasteiger partial charge is 0.490 e. The fraction of sp³-hybridized carbons (Fsp3) is 0.290. The van der Waals surface area contributed by atoms with Gasteiger partial charge >= 0.3 is 6.18 Å². The van der Waals surface area contributed by atoms with Gasteiger partial charge in [-0.3, -0.25) is 9.48 Å². The predicted molar refractivity (Wildman–Crippen MR) is 154 cm³/mol. The number of nitrogens with zero attached hydrogens (tertiary/aromatic N) is 2. The summed E-state index contributed by atoms with van der Waals surface area (Å²) in [6.45, 7) is 6.88. The molecule has 0 radical (unpaired) electrons. The number of ether oxygens (including phenoxy) is 1. The van der Waals surface area contributed by atoms with Crippen LogP contribution in [0.5, 0.6) is 5.75 Å². The van der Waals surface area contributed by atoms with E-state index in [2.05, 4.69) is 55.5 Å². The van der Waals surface area contributed by atoms with Crippen molar-refractivity contribution in [2.24, 2.45) is 7.05 Å². The molecule has 1 amide bonds. The molecular weight excluding hydrogens is 547 g/mol. The maximum atomic E-state index is 14.0. The van der Waals surface area contributed by atoms with Gasteiger partial charge in [-0.1, -0.05) is 81.4 Å². The van der Waals surface area contributed by atoms with Gasteiger partial charge in [0.2, 0.25) is 0 Å². The predicted octanol–water partition coefficient (Wildman–Crippen LogP) is 5.30. The smallest absolute Gasteiger partial charge is 0.435 e. The third kappa shape index (κ3) is 5.41. The third-order valence-corrected chi connectivity index (χ3v) is 12.3. The fourth-order valence-electron chi connectivity index (χ4n) is 5.56. The Hall–Kier alpha value is -3.89. The van der Waals surface area contributed by atoms with Crippen molar-refractivity contribution in [2.45, 2.75) is 38.6 Å². The van der Waals surface area contributed by atoms with E-state index in [0.29, 0.717) is 5.56 Å². The highest BCUT2D eigenvalue weighted by molar-refractivity contribution is 6.99. The summed E-state index contributed by atoms with van der Waals surface area (Å²) < 4.78 is 56.1. The van der Waals surface area contributed by atoms with E-state index in [-0.39, 0.29) is 47.2 Å². The highest BCUT2D eigenvalue weighted by atomic mass is 28.4. The quantitative estimate of drug-likeness (QED) is 0.315. The monoisotopic (exact) mass is 579 g/mol. The van der Waals surface area contributed by atoms with E-state index in [1.807, 2.05) is 36.4 Å². The summed E-state index contributed by atoms with van der Waals surface area (Å²) >= 11 is 0. The second-order valence-corrected chi connectivity index (χ2v) is 15.4. The Morgan fingerprint density at radius 3 is 2.10 bits per heavy atom. The lowest BCUT2D eigenvalue weighted by atomic mass is 9.98. The Kier molecular flexibility index (Phi) is 7.56. The summed E-state index contributed by atoms with van der Waals surface area (Å²) in [5.74, 6) is -0.309. The first-order chi connectivity index (χ1) is 19.4. The molecule has 214 valence electrons. The van der Waals surface area contributed by atoms with Crippen LogP contribution < -0.4 is 20.4 Å². The second-order valence-electron chi connectivity index (χ2n) is 11.1. The number of carbonyl (C=O) groups is 1. The van der Waals surface area contributed by atoms with Crippen LogP contribution in [0.25, 0.3) is 11.1 Å². The second kappa shape index (κ2) is 10.8. The lowest BCUT2D eigenvalue weighted by Crippen LogP contribution is -2.66. The zero-order valence-corrected chi connectivity index (χ0v) is 24.4. The van der Waals surface area contributed by atoms with Crippen LogP contribution in [0.1, 0.15) is 42.4 Å². The van der Waals surface area contributed by atoms with E-state index in [0.717, 1.165) is 15.1 Å². The van der Waals surface area contributed by atoms with Gasteiger partial charge in [-0.15, -0.1) is 0 Å². The highest BCUT2D eigenvalue weighted by Gasteiger charge is 2.50. The molecule has 0 saturated carbocycles. The molecule has 41 heavy (non-hydrogen) atoms. The number of alkyl halides is 3. The maximum Gasteiger partial charge on any atom is 0.435 e. The number of carbonyl (C=O) groups excluding carboxylic acids is 1.